The minimum Gasteiger partial charge on any atom is -0.478 e. The van der Waals surface area contributed by atoms with Gasteiger partial charge in [-0.1, -0.05) is 32.0 Å². The molecule has 1 unspecified atom stereocenters. The smallest absolute Gasteiger partial charge is 0.416 e. The highest BCUT2D eigenvalue weighted by molar-refractivity contribution is 5.93. The summed E-state index contributed by atoms with van der Waals surface area (Å²) >= 11 is 0. The third-order valence-corrected chi connectivity index (χ3v) is 4.62. The summed E-state index contributed by atoms with van der Waals surface area (Å²) in [4.78, 5) is 16.2. The maximum atomic E-state index is 13.7. The van der Waals surface area contributed by atoms with Crippen molar-refractivity contribution in [1.29, 1.82) is 0 Å². The highest BCUT2D eigenvalue weighted by Gasteiger charge is 2.41. The molecule has 3 rings (SSSR count). The van der Waals surface area contributed by atoms with Crippen LogP contribution in [0.5, 0.6) is 5.88 Å². The number of allylic oxidation sites excluding steroid dienone is 1. The second-order valence-electron chi connectivity index (χ2n) is 7.27. The molecule has 0 fully saturated rings. The van der Waals surface area contributed by atoms with E-state index in [1.165, 1.54) is 31.3 Å². The van der Waals surface area contributed by atoms with Gasteiger partial charge in [0.1, 0.15) is 0 Å². The zero-order valence-electron chi connectivity index (χ0n) is 16.2. The molecular weight excluding hydrogens is 385 g/mol. The highest BCUT2D eigenvalue weighted by atomic mass is 19.4. The molecule has 2 aromatic rings. The zero-order valence-corrected chi connectivity index (χ0v) is 16.2. The summed E-state index contributed by atoms with van der Waals surface area (Å²) in [5, 5.41) is 12.8. The number of carbonyl (C=O) groups is 1. The van der Waals surface area contributed by atoms with Crippen molar-refractivity contribution < 1.29 is 27.8 Å². The number of nitrogens with zero attached hydrogens (tertiary/aromatic N) is 1. The third kappa shape index (κ3) is 4.06. The molecule has 1 aliphatic heterocycles. The molecular formula is C21H21F3N2O3. The van der Waals surface area contributed by atoms with Gasteiger partial charge in [-0.2, -0.15) is 13.2 Å². The molecule has 8 heteroatoms. The second kappa shape index (κ2) is 7.77. The number of aliphatic carboxylic acids is 1. The summed E-state index contributed by atoms with van der Waals surface area (Å²) in [5.41, 5.74) is -0.175. The van der Waals surface area contributed by atoms with E-state index in [9.17, 15) is 23.1 Å². The molecule has 0 saturated carbocycles. The Bertz CT molecular complexity index is 968. The number of carboxylic acid groups (broad SMARTS) is 1. The number of benzene rings is 1. The molecule has 0 saturated heterocycles. The SMILES string of the molecule is CC1=C(C(=O)O)C(c2ccccc2C(F)(F)F)c2c(ccnc2OCC(C)C)N1. The summed E-state index contributed by atoms with van der Waals surface area (Å²) in [6.45, 7) is 5.68. The van der Waals surface area contributed by atoms with Crippen molar-refractivity contribution in [1.82, 2.24) is 4.98 Å². The molecule has 0 aliphatic carbocycles. The predicted molar refractivity (Wildman–Crippen MR) is 102 cm³/mol. The fourth-order valence-electron chi connectivity index (χ4n) is 3.43. The second-order valence-corrected chi connectivity index (χ2v) is 7.27. The number of nitrogens with one attached hydrogen (secondary N) is 1. The van der Waals surface area contributed by atoms with Crippen LogP contribution in [0.15, 0.2) is 47.8 Å². The van der Waals surface area contributed by atoms with Gasteiger partial charge < -0.3 is 15.2 Å². The van der Waals surface area contributed by atoms with Crippen molar-refractivity contribution >= 4 is 11.7 Å². The van der Waals surface area contributed by atoms with Crippen LogP contribution < -0.4 is 10.1 Å². The molecule has 0 radical (unpaired) electrons. The van der Waals surface area contributed by atoms with Crippen LogP contribution in [-0.2, 0) is 11.0 Å². The van der Waals surface area contributed by atoms with E-state index < -0.39 is 23.6 Å². The molecule has 2 N–H and O–H groups in total. The van der Waals surface area contributed by atoms with E-state index in [4.69, 9.17) is 4.74 Å². The quantitative estimate of drug-likeness (QED) is 0.727. The van der Waals surface area contributed by atoms with Gasteiger partial charge in [0.2, 0.25) is 5.88 Å². The molecule has 1 aromatic heterocycles. The molecule has 0 spiro atoms. The van der Waals surface area contributed by atoms with E-state index in [2.05, 4.69) is 10.3 Å². The van der Waals surface area contributed by atoms with Crippen LogP contribution >= 0.6 is 0 Å². The summed E-state index contributed by atoms with van der Waals surface area (Å²) in [7, 11) is 0. The molecule has 1 atom stereocenters. The van der Waals surface area contributed by atoms with Crippen LogP contribution in [0.4, 0.5) is 18.9 Å². The first-order valence-electron chi connectivity index (χ1n) is 9.10. The molecule has 154 valence electrons. The van der Waals surface area contributed by atoms with Crippen LogP contribution in [-0.4, -0.2) is 22.7 Å². The maximum Gasteiger partial charge on any atom is 0.416 e. The number of anilines is 1. The lowest BCUT2D eigenvalue weighted by atomic mass is 9.79. The van der Waals surface area contributed by atoms with Gasteiger partial charge in [-0.05, 0) is 30.5 Å². The predicted octanol–water partition coefficient (Wildman–Crippen LogP) is 5.05. The van der Waals surface area contributed by atoms with Crippen molar-refractivity contribution in [2.45, 2.75) is 32.9 Å². The fourth-order valence-corrected chi connectivity index (χ4v) is 3.43. The van der Waals surface area contributed by atoms with Gasteiger partial charge in [-0.3, -0.25) is 0 Å². The van der Waals surface area contributed by atoms with Crippen molar-refractivity contribution in [3.05, 3.63) is 64.5 Å². The highest BCUT2D eigenvalue weighted by Crippen LogP contribution is 2.48. The van der Waals surface area contributed by atoms with Crippen molar-refractivity contribution in [3.8, 4) is 5.88 Å². The number of carboxylic acids is 1. The van der Waals surface area contributed by atoms with Gasteiger partial charge in [-0.25, -0.2) is 9.78 Å². The average Bonchev–Trinajstić information content (AvgIpc) is 2.64. The van der Waals surface area contributed by atoms with Gasteiger partial charge >= 0.3 is 12.1 Å². The largest absolute Gasteiger partial charge is 0.478 e. The van der Waals surface area contributed by atoms with Crippen molar-refractivity contribution in [2.24, 2.45) is 5.92 Å². The van der Waals surface area contributed by atoms with Gasteiger partial charge in [-0.15, -0.1) is 0 Å². The normalized spacial score (nSPS) is 16.4. The van der Waals surface area contributed by atoms with Crippen molar-refractivity contribution in [3.63, 3.8) is 0 Å². The minimum atomic E-state index is -4.64. The Hall–Kier alpha value is -3.03. The van der Waals surface area contributed by atoms with E-state index in [0.29, 0.717) is 12.3 Å². The summed E-state index contributed by atoms with van der Waals surface area (Å²) in [5.74, 6) is -2.21. The van der Waals surface area contributed by atoms with Crippen LogP contribution in [0.2, 0.25) is 0 Å². The number of hydrogen-bond donors (Lipinski definition) is 2. The summed E-state index contributed by atoms with van der Waals surface area (Å²) in [6, 6.07) is 6.61. The van der Waals surface area contributed by atoms with E-state index in [-0.39, 0.29) is 34.2 Å². The molecule has 5 nitrogen and oxygen atoms in total. The van der Waals surface area contributed by atoms with E-state index in [0.717, 1.165) is 6.07 Å². The number of hydrogen-bond acceptors (Lipinski definition) is 4. The Kier molecular flexibility index (Phi) is 5.55. The number of ether oxygens (including phenoxy) is 1. The van der Waals surface area contributed by atoms with Crippen LogP contribution in [0, 0.1) is 5.92 Å². The number of rotatable bonds is 5. The number of halogens is 3. The van der Waals surface area contributed by atoms with E-state index >= 15 is 0 Å². The third-order valence-electron chi connectivity index (χ3n) is 4.62. The number of aromatic nitrogens is 1. The monoisotopic (exact) mass is 406 g/mol. The van der Waals surface area contributed by atoms with E-state index in [1.807, 2.05) is 13.8 Å². The Balaban J connectivity index is 2.29. The molecule has 0 amide bonds. The van der Waals surface area contributed by atoms with E-state index in [1.54, 1.807) is 6.07 Å². The molecule has 1 aromatic carbocycles. The number of fused-ring (bicyclic) bond motifs is 1. The Morgan fingerprint density at radius 1 is 1.28 bits per heavy atom. The van der Waals surface area contributed by atoms with Gasteiger partial charge in [0.05, 0.1) is 23.7 Å². The lowest BCUT2D eigenvalue weighted by molar-refractivity contribution is -0.139. The Labute approximate surface area is 166 Å². The van der Waals surface area contributed by atoms with Crippen molar-refractivity contribution in [2.75, 3.05) is 11.9 Å². The molecule has 2 heterocycles. The molecule has 29 heavy (non-hydrogen) atoms. The standard InChI is InChI=1S/C21H21F3N2O3/c1-11(2)10-29-19-18-15(8-9-25-19)26-12(3)16(20(27)28)17(18)13-6-4-5-7-14(13)21(22,23)24/h4-9,11,17,26H,10H2,1-3H3,(H,27,28). The zero-order chi connectivity index (χ0) is 21.3. The maximum absolute atomic E-state index is 13.7. The summed E-state index contributed by atoms with van der Waals surface area (Å²) < 4.78 is 47.0. The minimum absolute atomic E-state index is 0.122. The van der Waals surface area contributed by atoms with Gasteiger partial charge in [0, 0.05) is 23.1 Å². The average molecular weight is 406 g/mol. The fraction of sp³-hybridized carbons (Fsp3) is 0.333. The lowest BCUT2D eigenvalue weighted by Crippen LogP contribution is -2.26. The lowest BCUT2D eigenvalue weighted by Gasteiger charge is -2.31. The first-order valence-corrected chi connectivity index (χ1v) is 9.10. The number of alkyl halides is 3. The van der Waals surface area contributed by atoms with Crippen LogP contribution in [0.1, 0.15) is 43.4 Å². The first-order chi connectivity index (χ1) is 13.6. The first kappa shape index (κ1) is 20.7. The number of pyridine rings is 1. The van der Waals surface area contributed by atoms with Gasteiger partial charge in [0.15, 0.2) is 0 Å². The summed E-state index contributed by atoms with van der Waals surface area (Å²) in [6.07, 6.45) is -3.16. The molecule has 1 aliphatic rings. The Morgan fingerprint density at radius 2 is 1.97 bits per heavy atom. The topological polar surface area (TPSA) is 71.5 Å². The molecule has 0 bridgehead atoms. The van der Waals surface area contributed by atoms with Crippen LogP contribution in [0.3, 0.4) is 0 Å². The van der Waals surface area contributed by atoms with Crippen LogP contribution in [0.25, 0.3) is 0 Å². The van der Waals surface area contributed by atoms with Gasteiger partial charge in [0.25, 0.3) is 0 Å². The Morgan fingerprint density at radius 3 is 2.59 bits per heavy atom.